The van der Waals surface area contributed by atoms with Gasteiger partial charge in [0.1, 0.15) is 0 Å². The van der Waals surface area contributed by atoms with Crippen molar-refractivity contribution in [3.05, 3.63) is 11.4 Å². The fourth-order valence-electron chi connectivity index (χ4n) is 2.46. The van der Waals surface area contributed by atoms with Gasteiger partial charge in [0.25, 0.3) is 0 Å². The summed E-state index contributed by atoms with van der Waals surface area (Å²) in [4.78, 5) is 11.0. The van der Waals surface area contributed by atoms with Crippen LogP contribution in [0.1, 0.15) is 50.5 Å². The molecule has 1 saturated carbocycles. The fourth-order valence-corrected chi connectivity index (χ4v) is 2.46. The number of hydrogen-bond donors (Lipinski definition) is 1. The van der Waals surface area contributed by atoms with E-state index in [1.807, 2.05) is 4.68 Å². The zero-order valence-corrected chi connectivity index (χ0v) is 10.5. The third-order valence-corrected chi connectivity index (χ3v) is 3.77. The summed E-state index contributed by atoms with van der Waals surface area (Å²) in [7, 11) is 0. The number of carbonyl (C=O) groups is 1. The first-order valence-corrected chi connectivity index (χ1v) is 6.34. The first-order valence-electron chi connectivity index (χ1n) is 6.34. The van der Waals surface area contributed by atoms with Crippen LogP contribution in [0.2, 0.25) is 0 Å². The molecule has 5 heteroatoms. The largest absolute Gasteiger partial charge is 0.369 e. The highest BCUT2D eigenvalue weighted by Gasteiger charge is 2.28. The monoisotopic (exact) mass is 236 g/mol. The molecule has 5 nitrogen and oxygen atoms in total. The molecule has 0 saturated heterocycles. The number of carbonyl (C=O) groups excluding carboxylic acids is 1. The highest BCUT2D eigenvalue weighted by atomic mass is 16.1. The minimum atomic E-state index is -0.344. The molecule has 1 aromatic rings. The standard InChI is InChI=1S/C12H20N4O/c1-3-11-10(7-12(13)17)14-15-16(11)8(2)9-5-4-6-9/h8-9H,3-7H2,1-2H3,(H2,13,17). The first kappa shape index (κ1) is 12.1. The number of nitrogens with two attached hydrogens (primary N) is 1. The van der Waals surface area contributed by atoms with Gasteiger partial charge in [-0.1, -0.05) is 18.6 Å². The Bertz CT molecular complexity index is 409. The maximum Gasteiger partial charge on any atom is 0.223 e. The van der Waals surface area contributed by atoms with Gasteiger partial charge in [0.2, 0.25) is 5.91 Å². The van der Waals surface area contributed by atoms with Gasteiger partial charge in [-0.3, -0.25) is 4.79 Å². The maximum absolute atomic E-state index is 11.0. The van der Waals surface area contributed by atoms with Crippen molar-refractivity contribution in [1.82, 2.24) is 15.0 Å². The van der Waals surface area contributed by atoms with Crippen molar-refractivity contribution >= 4 is 5.91 Å². The minimum absolute atomic E-state index is 0.195. The third-order valence-electron chi connectivity index (χ3n) is 3.77. The summed E-state index contributed by atoms with van der Waals surface area (Å²) in [6.07, 6.45) is 4.90. The van der Waals surface area contributed by atoms with Gasteiger partial charge in [-0.2, -0.15) is 0 Å². The molecule has 17 heavy (non-hydrogen) atoms. The highest BCUT2D eigenvalue weighted by molar-refractivity contribution is 5.76. The summed E-state index contributed by atoms with van der Waals surface area (Å²) >= 11 is 0. The molecule has 2 N–H and O–H groups in total. The van der Waals surface area contributed by atoms with Gasteiger partial charge in [-0.15, -0.1) is 5.10 Å². The molecule has 0 radical (unpaired) electrons. The Morgan fingerprint density at radius 1 is 1.59 bits per heavy atom. The maximum atomic E-state index is 11.0. The molecule has 0 aromatic carbocycles. The van der Waals surface area contributed by atoms with Crippen LogP contribution in [0.5, 0.6) is 0 Å². The zero-order chi connectivity index (χ0) is 12.4. The van der Waals surface area contributed by atoms with Crippen molar-refractivity contribution < 1.29 is 4.79 Å². The molecule has 1 atom stereocenters. The van der Waals surface area contributed by atoms with Gasteiger partial charge in [0.05, 0.1) is 23.9 Å². The quantitative estimate of drug-likeness (QED) is 0.835. The second-order valence-corrected chi connectivity index (χ2v) is 4.86. The molecular formula is C12H20N4O. The SMILES string of the molecule is CCc1c(CC(N)=O)nnn1C(C)C1CCC1. The molecule has 1 aliphatic carbocycles. The summed E-state index contributed by atoms with van der Waals surface area (Å²) in [5, 5.41) is 8.30. The van der Waals surface area contributed by atoms with Gasteiger partial charge in [-0.25, -0.2) is 4.68 Å². The van der Waals surface area contributed by atoms with E-state index < -0.39 is 0 Å². The fraction of sp³-hybridized carbons (Fsp3) is 0.750. The molecule has 1 aromatic heterocycles. The number of rotatable bonds is 5. The third kappa shape index (κ3) is 2.33. The van der Waals surface area contributed by atoms with E-state index in [0.29, 0.717) is 12.0 Å². The Kier molecular flexibility index (Phi) is 3.45. The Morgan fingerprint density at radius 2 is 2.29 bits per heavy atom. The van der Waals surface area contributed by atoms with Crippen LogP contribution in [0.3, 0.4) is 0 Å². The lowest BCUT2D eigenvalue weighted by Gasteiger charge is -2.32. The Balaban J connectivity index is 2.21. The molecule has 1 fully saturated rings. The average molecular weight is 236 g/mol. The van der Waals surface area contributed by atoms with E-state index in [2.05, 4.69) is 24.2 Å². The van der Waals surface area contributed by atoms with Gasteiger partial charge in [0, 0.05) is 0 Å². The molecule has 0 spiro atoms. The van der Waals surface area contributed by atoms with Crippen molar-refractivity contribution in [3.8, 4) is 0 Å². The molecular weight excluding hydrogens is 216 g/mol. The lowest BCUT2D eigenvalue weighted by molar-refractivity contribution is -0.117. The van der Waals surface area contributed by atoms with Crippen LogP contribution in [-0.2, 0) is 17.6 Å². The molecule has 0 bridgehead atoms. The van der Waals surface area contributed by atoms with E-state index in [1.54, 1.807) is 0 Å². The average Bonchev–Trinajstić information content (AvgIpc) is 2.56. The van der Waals surface area contributed by atoms with Crippen LogP contribution in [0, 0.1) is 5.92 Å². The van der Waals surface area contributed by atoms with Crippen molar-refractivity contribution in [2.75, 3.05) is 0 Å². The van der Waals surface area contributed by atoms with Gasteiger partial charge in [0.15, 0.2) is 0 Å². The molecule has 1 unspecified atom stereocenters. The van der Waals surface area contributed by atoms with Crippen LogP contribution in [-0.4, -0.2) is 20.9 Å². The molecule has 2 rings (SSSR count). The summed E-state index contributed by atoms with van der Waals surface area (Å²) in [6.45, 7) is 4.25. The van der Waals surface area contributed by atoms with Gasteiger partial charge in [-0.05, 0) is 32.1 Å². The van der Waals surface area contributed by atoms with E-state index in [1.165, 1.54) is 19.3 Å². The summed E-state index contributed by atoms with van der Waals surface area (Å²) in [6, 6.07) is 0.382. The Morgan fingerprint density at radius 3 is 2.76 bits per heavy atom. The van der Waals surface area contributed by atoms with Gasteiger partial charge < -0.3 is 5.73 Å². The van der Waals surface area contributed by atoms with Crippen molar-refractivity contribution in [2.24, 2.45) is 11.7 Å². The second kappa shape index (κ2) is 4.85. The number of amides is 1. The van der Waals surface area contributed by atoms with E-state index >= 15 is 0 Å². The number of nitrogens with zero attached hydrogens (tertiary/aromatic N) is 3. The van der Waals surface area contributed by atoms with E-state index in [4.69, 9.17) is 5.73 Å². The summed E-state index contributed by atoms with van der Waals surface area (Å²) < 4.78 is 1.99. The predicted octanol–water partition coefficient (Wildman–Crippen LogP) is 1.23. The number of aromatic nitrogens is 3. The highest BCUT2D eigenvalue weighted by Crippen LogP contribution is 2.36. The summed E-state index contributed by atoms with van der Waals surface area (Å²) in [5.74, 6) is 0.367. The van der Waals surface area contributed by atoms with Crippen LogP contribution >= 0.6 is 0 Å². The van der Waals surface area contributed by atoms with Crippen LogP contribution in [0.4, 0.5) is 0 Å². The van der Waals surface area contributed by atoms with Crippen LogP contribution in [0.25, 0.3) is 0 Å². The topological polar surface area (TPSA) is 73.8 Å². The minimum Gasteiger partial charge on any atom is -0.369 e. The van der Waals surface area contributed by atoms with Crippen molar-refractivity contribution in [3.63, 3.8) is 0 Å². The smallest absolute Gasteiger partial charge is 0.223 e. The number of hydrogen-bond acceptors (Lipinski definition) is 3. The van der Waals surface area contributed by atoms with Crippen molar-refractivity contribution in [2.45, 2.75) is 52.0 Å². The Hall–Kier alpha value is -1.39. The molecule has 1 amide bonds. The summed E-state index contributed by atoms with van der Waals surface area (Å²) in [5.41, 5.74) is 7.01. The lowest BCUT2D eigenvalue weighted by atomic mass is 9.80. The van der Waals surface area contributed by atoms with Gasteiger partial charge >= 0.3 is 0 Å². The first-order chi connectivity index (χ1) is 8.13. The molecule has 1 heterocycles. The van der Waals surface area contributed by atoms with Crippen LogP contribution in [0.15, 0.2) is 0 Å². The van der Waals surface area contributed by atoms with Crippen molar-refractivity contribution in [1.29, 1.82) is 0 Å². The predicted molar refractivity (Wildman–Crippen MR) is 64.4 cm³/mol. The zero-order valence-electron chi connectivity index (χ0n) is 10.5. The normalized spacial score (nSPS) is 17.8. The molecule has 0 aliphatic heterocycles. The van der Waals surface area contributed by atoms with Crippen LogP contribution < -0.4 is 5.73 Å². The molecule has 1 aliphatic rings. The Labute approximate surface area is 101 Å². The second-order valence-electron chi connectivity index (χ2n) is 4.86. The van der Waals surface area contributed by atoms with E-state index in [0.717, 1.165) is 17.8 Å². The molecule has 94 valence electrons. The lowest BCUT2D eigenvalue weighted by Crippen LogP contribution is -2.25. The van der Waals surface area contributed by atoms with E-state index in [-0.39, 0.29) is 12.3 Å². The number of primary amides is 1. The van der Waals surface area contributed by atoms with E-state index in [9.17, 15) is 4.79 Å².